The quantitative estimate of drug-likeness (QED) is 0.357. The van der Waals surface area contributed by atoms with E-state index >= 15 is 0 Å². The molecule has 1 aliphatic rings. The minimum Gasteiger partial charge on any atom is -0.481 e. The lowest BCUT2D eigenvalue weighted by atomic mass is 9.96. The van der Waals surface area contributed by atoms with Gasteiger partial charge in [0.05, 0.1) is 12.0 Å². The summed E-state index contributed by atoms with van der Waals surface area (Å²) in [5.41, 5.74) is 10.3. The summed E-state index contributed by atoms with van der Waals surface area (Å²) in [5, 5.41) is 11.6. The number of hydrogen-bond donors (Lipinski definition) is 4. The number of amides is 3. The fourth-order valence-electron chi connectivity index (χ4n) is 3.76. The van der Waals surface area contributed by atoms with E-state index in [2.05, 4.69) is 10.8 Å². The number of nitrogens with two attached hydrogens (primary N) is 1. The van der Waals surface area contributed by atoms with Crippen molar-refractivity contribution in [2.75, 3.05) is 13.2 Å². The molecule has 1 atom stereocenters. The highest BCUT2D eigenvalue weighted by atomic mass is 16.7. The van der Waals surface area contributed by atoms with Crippen LogP contribution in [0.1, 0.15) is 43.7 Å². The van der Waals surface area contributed by atoms with Crippen molar-refractivity contribution in [2.24, 2.45) is 11.1 Å². The molecule has 3 amide bonds. The van der Waals surface area contributed by atoms with Gasteiger partial charge in [-0.15, -0.1) is 0 Å². The monoisotopic (exact) mass is 483 g/mol. The number of rotatable bonds is 11. The van der Waals surface area contributed by atoms with Gasteiger partial charge in [-0.3, -0.25) is 19.2 Å². The van der Waals surface area contributed by atoms with Gasteiger partial charge < -0.3 is 20.9 Å². The average molecular weight is 484 g/mol. The Morgan fingerprint density at radius 1 is 1.03 bits per heavy atom. The number of primary amides is 1. The highest BCUT2D eigenvalue weighted by Gasteiger charge is 2.31. The van der Waals surface area contributed by atoms with Crippen molar-refractivity contribution in [3.8, 4) is 11.1 Å². The Balaban J connectivity index is 1.61. The Kier molecular flexibility index (Phi) is 8.08. The molecule has 1 unspecified atom stereocenters. The molecule has 0 aromatic heterocycles. The standard InChI is InChI=1S/C25H29N3O7/c1-25(2,23(31)32)14-35-28-22(30)20(11-12-21(26)29)27-24(33)34-13-19-17-9-5-3-7-15(17)16-8-4-6-10-18(16)19/h3-10,19-20H,11-14H2,1-2H3,(H2,26,29)(H,27,33)(H,28,30)(H,31,32). The van der Waals surface area contributed by atoms with Crippen molar-refractivity contribution in [1.82, 2.24) is 10.8 Å². The maximum atomic E-state index is 12.6. The Labute approximate surface area is 202 Å². The van der Waals surface area contributed by atoms with Crippen LogP contribution >= 0.6 is 0 Å². The van der Waals surface area contributed by atoms with Crippen molar-refractivity contribution in [3.63, 3.8) is 0 Å². The molecule has 2 aromatic carbocycles. The third-order valence-corrected chi connectivity index (χ3v) is 5.82. The summed E-state index contributed by atoms with van der Waals surface area (Å²) < 4.78 is 5.45. The number of hydrogen-bond acceptors (Lipinski definition) is 6. The number of hydroxylamine groups is 1. The van der Waals surface area contributed by atoms with Crippen molar-refractivity contribution in [2.45, 2.75) is 38.6 Å². The van der Waals surface area contributed by atoms with E-state index < -0.39 is 35.3 Å². The minimum atomic E-state index is -1.24. The number of carboxylic acids is 1. The van der Waals surface area contributed by atoms with Crippen LogP contribution in [0, 0.1) is 5.41 Å². The first-order valence-corrected chi connectivity index (χ1v) is 11.1. The van der Waals surface area contributed by atoms with Crippen molar-refractivity contribution in [1.29, 1.82) is 0 Å². The zero-order valence-corrected chi connectivity index (χ0v) is 19.6. The minimum absolute atomic E-state index is 0.0489. The van der Waals surface area contributed by atoms with Gasteiger partial charge in [-0.25, -0.2) is 10.3 Å². The van der Waals surface area contributed by atoms with Crippen LogP contribution in [0.15, 0.2) is 48.5 Å². The largest absolute Gasteiger partial charge is 0.481 e. The zero-order valence-electron chi connectivity index (χ0n) is 19.6. The molecule has 10 heteroatoms. The lowest BCUT2D eigenvalue weighted by Gasteiger charge is -2.21. The van der Waals surface area contributed by atoms with Crippen molar-refractivity contribution in [3.05, 3.63) is 59.7 Å². The van der Waals surface area contributed by atoms with E-state index in [1.165, 1.54) is 13.8 Å². The first-order valence-electron chi connectivity index (χ1n) is 11.1. The van der Waals surface area contributed by atoms with Gasteiger partial charge in [0.25, 0.3) is 5.91 Å². The number of carboxylic acid groups (broad SMARTS) is 1. The van der Waals surface area contributed by atoms with Crippen LogP contribution in [0.2, 0.25) is 0 Å². The lowest BCUT2D eigenvalue weighted by Crippen LogP contribution is -2.48. The number of aliphatic carboxylic acids is 1. The molecule has 3 rings (SSSR count). The normalized spacial score (nSPS) is 13.3. The fourth-order valence-corrected chi connectivity index (χ4v) is 3.76. The van der Waals surface area contributed by atoms with E-state index in [0.717, 1.165) is 22.3 Å². The molecule has 0 spiro atoms. The summed E-state index contributed by atoms with van der Waals surface area (Å²) >= 11 is 0. The predicted molar refractivity (Wildman–Crippen MR) is 126 cm³/mol. The summed E-state index contributed by atoms with van der Waals surface area (Å²) in [7, 11) is 0. The van der Waals surface area contributed by atoms with Crippen LogP contribution in [0.4, 0.5) is 4.79 Å². The molecular formula is C25H29N3O7. The third-order valence-electron chi connectivity index (χ3n) is 5.82. The van der Waals surface area contributed by atoms with Gasteiger partial charge in [-0.05, 0) is 42.5 Å². The second-order valence-electron chi connectivity index (χ2n) is 8.97. The summed E-state index contributed by atoms with van der Waals surface area (Å²) in [6.45, 7) is 2.61. The molecule has 0 saturated heterocycles. The van der Waals surface area contributed by atoms with Crippen LogP contribution in [0.3, 0.4) is 0 Å². The Bertz CT molecular complexity index is 1070. The van der Waals surface area contributed by atoms with E-state index in [0.29, 0.717) is 0 Å². The van der Waals surface area contributed by atoms with Crippen LogP contribution in [-0.2, 0) is 24.0 Å². The number of fused-ring (bicyclic) bond motifs is 3. The SMILES string of the molecule is CC(C)(CONC(=O)C(CCC(N)=O)NC(=O)OCC1c2ccccc2-c2ccccc21)C(=O)O. The first-order chi connectivity index (χ1) is 16.6. The van der Waals surface area contributed by atoms with Gasteiger partial charge in [-0.1, -0.05) is 48.5 Å². The third kappa shape index (κ3) is 6.36. The second-order valence-corrected chi connectivity index (χ2v) is 8.97. The number of nitrogens with one attached hydrogen (secondary N) is 2. The highest BCUT2D eigenvalue weighted by molar-refractivity contribution is 5.86. The molecule has 10 nitrogen and oxygen atoms in total. The topological polar surface area (TPSA) is 157 Å². The van der Waals surface area contributed by atoms with Gasteiger partial charge >= 0.3 is 12.1 Å². The van der Waals surface area contributed by atoms with Gasteiger partial charge in [0, 0.05) is 12.3 Å². The summed E-state index contributed by atoms with van der Waals surface area (Å²) in [5.74, 6) is -2.67. The van der Waals surface area contributed by atoms with Crippen LogP contribution in [0.25, 0.3) is 11.1 Å². The molecule has 0 radical (unpaired) electrons. The van der Waals surface area contributed by atoms with Crippen molar-refractivity contribution < 1.29 is 33.9 Å². The Morgan fingerprint density at radius 2 is 1.60 bits per heavy atom. The van der Waals surface area contributed by atoms with E-state index in [4.69, 9.17) is 20.4 Å². The van der Waals surface area contributed by atoms with E-state index in [1.807, 2.05) is 48.5 Å². The maximum Gasteiger partial charge on any atom is 0.407 e. The fraction of sp³-hybridized carbons (Fsp3) is 0.360. The molecule has 0 bridgehead atoms. The number of carbonyl (C=O) groups is 4. The zero-order chi connectivity index (χ0) is 25.6. The molecule has 1 aliphatic carbocycles. The second kappa shape index (κ2) is 11.0. The lowest BCUT2D eigenvalue weighted by molar-refractivity contribution is -0.156. The highest BCUT2D eigenvalue weighted by Crippen LogP contribution is 2.44. The van der Waals surface area contributed by atoms with Crippen LogP contribution in [0.5, 0.6) is 0 Å². The molecule has 0 fully saturated rings. The van der Waals surface area contributed by atoms with E-state index in [1.54, 1.807) is 0 Å². The molecule has 5 N–H and O–H groups in total. The van der Waals surface area contributed by atoms with Gasteiger partial charge in [-0.2, -0.15) is 0 Å². The van der Waals surface area contributed by atoms with Gasteiger partial charge in [0.15, 0.2) is 0 Å². The molecular weight excluding hydrogens is 454 g/mol. The smallest absolute Gasteiger partial charge is 0.407 e. The van der Waals surface area contributed by atoms with Gasteiger partial charge in [0.1, 0.15) is 12.6 Å². The molecule has 35 heavy (non-hydrogen) atoms. The maximum absolute atomic E-state index is 12.6. The molecule has 0 heterocycles. The van der Waals surface area contributed by atoms with Crippen LogP contribution < -0.4 is 16.5 Å². The van der Waals surface area contributed by atoms with E-state index in [9.17, 15) is 19.2 Å². The van der Waals surface area contributed by atoms with Gasteiger partial charge in [0.2, 0.25) is 5.91 Å². The van der Waals surface area contributed by atoms with Crippen molar-refractivity contribution >= 4 is 23.9 Å². The van der Waals surface area contributed by atoms with E-state index in [-0.39, 0.29) is 32.0 Å². The number of benzene rings is 2. The first kappa shape index (κ1) is 25.7. The predicted octanol–water partition coefficient (Wildman–Crippen LogP) is 2.32. The molecule has 0 saturated carbocycles. The summed E-state index contributed by atoms with van der Waals surface area (Å²) in [4.78, 5) is 52.5. The number of carbonyl (C=O) groups excluding carboxylic acids is 3. The van der Waals surface area contributed by atoms with Crippen LogP contribution in [-0.4, -0.2) is 48.2 Å². The molecule has 2 aromatic rings. The summed E-state index contributed by atoms with van der Waals surface area (Å²) in [6.07, 6.45) is -1.10. The molecule has 0 aliphatic heterocycles. The Morgan fingerprint density at radius 3 is 2.14 bits per heavy atom. The number of ether oxygens (including phenoxy) is 1. The summed E-state index contributed by atoms with van der Waals surface area (Å²) in [6, 6.07) is 14.6. The number of alkyl carbamates (subject to hydrolysis) is 1. The Hall–Kier alpha value is -3.92. The molecule has 186 valence electrons. The average Bonchev–Trinajstić information content (AvgIpc) is 3.13.